The van der Waals surface area contributed by atoms with Gasteiger partial charge in [0.05, 0.1) is 12.2 Å². The molecule has 1 aromatic carbocycles. The van der Waals surface area contributed by atoms with E-state index in [1.54, 1.807) is 0 Å². The number of alkyl halides is 3. The average molecular weight is 275 g/mol. The summed E-state index contributed by atoms with van der Waals surface area (Å²) in [6, 6.07) is 4.69. The molecule has 0 heterocycles. The van der Waals surface area contributed by atoms with Crippen LogP contribution in [0.4, 0.5) is 18.9 Å². The molecule has 0 aliphatic rings. The Morgan fingerprint density at radius 2 is 2.11 bits per heavy atom. The molecule has 0 aliphatic carbocycles. The Balaban J connectivity index is 2.47. The van der Waals surface area contributed by atoms with Crippen LogP contribution in [0, 0.1) is 0 Å². The molecule has 0 spiro atoms. The third-order valence-electron chi connectivity index (χ3n) is 2.39. The minimum atomic E-state index is -4.39. The van der Waals surface area contributed by atoms with E-state index in [-0.39, 0.29) is 12.2 Å². The van der Waals surface area contributed by atoms with Crippen molar-refractivity contribution >= 4 is 11.7 Å². The fourth-order valence-corrected chi connectivity index (χ4v) is 1.36. The van der Waals surface area contributed by atoms with E-state index in [1.165, 1.54) is 12.1 Å². The number of nitrogens with one attached hydrogen (secondary N) is 1. The number of halogens is 3. The molecule has 1 aromatic rings. The number of anilines is 1. The van der Waals surface area contributed by atoms with Gasteiger partial charge in [-0.15, -0.1) is 0 Å². The molecule has 6 heteroatoms. The van der Waals surface area contributed by atoms with Crippen LogP contribution in [0.1, 0.15) is 25.3 Å². The van der Waals surface area contributed by atoms with Crippen molar-refractivity contribution in [1.29, 1.82) is 0 Å². The maximum atomic E-state index is 12.5. The van der Waals surface area contributed by atoms with Crippen molar-refractivity contribution in [2.45, 2.75) is 25.9 Å². The Hall–Kier alpha value is -1.72. The number of carbonyl (C=O) groups excluding carboxylic acids is 1. The minimum absolute atomic E-state index is 0.148. The van der Waals surface area contributed by atoms with Gasteiger partial charge in [0.1, 0.15) is 6.54 Å². The zero-order valence-electron chi connectivity index (χ0n) is 10.6. The van der Waals surface area contributed by atoms with Crippen LogP contribution in [0.5, 0.6) is 0 Å². The summed E-state index contributed by atoms with van der Waals surface area (Å²) in [5.74, 6) is -0.481. The van der Waals surface area contributed by atoms with E-state index in [1.807, 2.05) is 6.92 Å². The summed E-state index contributed by atoms with van der Waals surface area (Å²) >= 11 is 0. The van der Waals surface area contributed by atoms with Gasteiger partial charge < -0.3 is 10.1 Å². The number of rotatable bonds is 6. The smallest absolute Gasteiger partial charge is 0.416 e. The summed E-state index contributed by atoms with van der Waals surface area (Å²) in [4.78, 5) is 11.3. The van der Waals surface area contributed by atoms with Gasteiger partial charge in [0.2, 0.25) is 0 Å². The third kappa shape index (κ3) is 5.63. The average Bonchev–Trinajstić information content (AvgIpc) is 2.36. The van der Waals surface area contributed by atoms with E-state index < -0.39 is 17.7 Å². The number of esters is 1. The molecule has 0 unspecified atom stereocenters. The molecule has 0 radical (unpaired) electrons. The Morgan fingerprint density at radius 3 is 2.74 bits per heavy atom. The second-order valence-electron chi connectivity index (χ2n) is 4.01. The van der Waals surface area contributed by atoms with Crippen molar-refractivity contribution in [3.63, 3.8) is 0 Å². The summed E-state index contributed by atoms with van der Waals surface area (Å²) in [6.45, 7) is 2.15. The van der Waals surface area contributed by atoms with Crippen LogP contribution in [0.15, 0.2) is 24.3 Å². The molecule has 0 fully saturated rings. The lowest BCUT2D eigenvalue weighted by molar-refractivity contribution is -0.141. The van der Waals surface area contributed by atoms with Gasteiger partial charge in [-0.1, -0.05) is 19.4 Å². The second kappa shape index (κ2) is 7.01. The van der Waals surface area contributed by atoms with Crippen LogP contribution >= 0.6 is 0 Å². The first kappa shape index (κ1) is 15.3. The number of ether oxygens (including phenoxy) is 1. The van der Waals surface area contributed by atoms with E-state index in [0.717, 1.165) is 25.0 Å². The van der Waals surface area contributed by atoms with Gasteiger partial charge in [-0.25, -0.2) is 0 Å². The topological polar surface area (TPSA) is 38.3 Å². The molecular weight excluding hydrogens is 259 g/mol. The molecule has 1 N–H and O–H groups in total. The Bertz CT molecular complexity index is 419. The molecule has 0 aliphatic heterocycles. The first-order valence-corrected chi connectivity index (χ1v) is 6.00. The van der Waals surface area contributed by atoms with Crippen molar-refractivity contribution in [2.75, 3.05) is 18.5 Å². The van der Waals surface area contributed by atoms with Gasteiger partial charge in [-0.3, -0.25) is 4.79 Å². The molecule has 1 rings (SSSR count). The Labute approximate surface area is 109 Å². The van der Waals surface area contributed by atoms with Crippen molar-refractivity contribution in [1.82, 2.24) is 0 Å². The van der Waals surface area contributed by atoms with Crippen molar-refractivity contribution in [2.24, 2.45) is 0 Å². The summed E-state index contributed by atoms with van der Waals surface area (Å²) < 4.78 is 42.2. The van der Waals surface area contributed by atoms with Gasteiger partial charge in [0.25, 0.3) is 0 Å². The Kier molecular flexibility index (Phi) is 5.66. The minimum Gasteiger partial charge on any atom is -0.464 e. The second-order valence-corrected chi connectivity index (χ2v) is 4.01. The summed E-state index contributed by atoms with van der Waals surface area (Å²) in [5.41, 5.74) is -0.515. The zero-order valence-corrected chi connectivity index (χ0v) is 10.6. The number of unbranched alkanes of at least 4 members (excludes halogenated alkanes) is 1. The lowest BCUT2D eigenvalue weighted by Crippen LogP contribution is -2.17. The van der Waals surface area contributed by atoms with Crippen molar-refractivity contribution in [3.05, 3.63) is 29.8 Å². The SMILES string of the molecule is CCCCOC(=O)CNc1cccc(C(F)(F)F)c1. The maximum absolute atomic E-state index is 12.5. The fourth-order valence-electron chi connectivity index (χ4n) is 1.36. The van der Waals surface area contributed by atoms with Crippen LogP contribution in [-0.4, -0.2) is 19.1 Å². The van der Waals surface area contributed by atoms with E-state index in [0.29, 0.717) is 6.61 Å². The van der Waals surface area contributed by atoms with Gasteiger partial charge in [0, 0.05) is 5.69 Å². The van der Waals surface area contributed by atoms with Crippen molar-refractivity contribution < 1.29 is 22.7 Å². The number of benzene rings is 1. The monoisotopic (exact) mass is 275 g/mol. The highest BCUT2D eigenvalue weighted by molar-refractivity contribution is 5.75. The molecule has 0 aromatic heterocycles. The predicted octanol–water partition coefficient (Wildman–Crippen LogP) is 3.46. The molecule has 0 amide bonds. The quantitative estimate of drug-likeness (QED) is 0.638. The summed E-state index contributed by atoms with van der Waals surface area (Å²) in [7, 11) is 0. The highest BCUT2D eigenvalue weighted by Gasteiger charge is 2.30. The predicted molar refractivity (Wildman–Crippen MR) is 65.8 cm³/mol. The van der Waals surface area contributed by atoms with Gasteiger partial charge in [-0.05, 0) is 24.6 Å². The fraction of sp³-hybridized carbons (Fsp3) is 0.462. The van der Waals surface area contributed by atoms with Gasteiger partial charge in [-0.2, -0.15) is 13.2 Å². The van der Waals surface area contributed by atoms with Crippen LogP contribution in [0.2, 0.25) is 0 Å². The normalized spacial score (nSPS) is 11.2. The van der Waals surface area contributed by atoms with Crippen molar-refractivity contribution in [3.8, 4) is 0 Å². The highest BCUT2D eigenvalue weighted by Crippen LogP contribution is 2.30. The standard InChI is InChI=1S/C13H16F3NO2/c1-2-3-7-19-12(18)9-17-11-6-4-5-10(8-11)13(14,15)16/h4-6,8,17H,2-3,7,9H2,1H3. The maximum Gasteiger partial charge on any atom is 0.416 e. The zero-order chi connectivity index (χ0) is 14.3. The number of carbonyl (C=O) groups is 1. The molecule has 0 bridgehead atoms. The van der Waals surface area contributed by atoms with E-state index in [9.17, 15) is 18.0 Å². The number of hydrogen-bond donors (Lipinski definition) is 1. The largest absolute Gasteiger partial charge is 0.464 e. The first-order valence-electron chi connectivity index (χ1n) is 6.00. The summed E-state index contributed by atoms with van der Waals surface area (Å²) in [6.07, 6.45) is -2.71. The van der Waals surface area contributed by atoms with E-state index in [4.69, 9.17) is 4.74 Å². The van der Waals surface area contributed by atoms with Crippen LogP contribution in [0.3, 0.4) is 0 Å². The van der Waals surface area contributed by atoms with Crippen LogP contribution < -0.4 is 5.32 Å². The molecule has 0 saturated carbocycles. The molecule has 3 nitrogen and oxygen atoms in total. The van der Waals surface area contributed by atoms with Gasteiger partial charge in [0.15, 0.2) is 0 Å². The molecule has 106 valence electrons. The van der Waals surface area contributed by atoms with Gasteiger partial charge >= 0.3 is 12.1 Å². The third-order valence-corrected chi connectivity index (χ3v) is 2.39. The number of hydrogen-bond acceptors (Lipinski definition) is 3. The van der Waals surface area contributed by atoms with Crippen LogP contribution in [-0.2, 0) is 15.7 Å². The lowest BCUT2D eigenvalue weighted by Gasteiger charge is -2.10. The highest BCUT2D eigenvalue weighted by atomic mass is 19.4. The first-order chi connectivity index (χ1) is 8.93. The molecular formula is C13H16F3NO2. The van der Waals surface area contributed by atoms with E-state index >= 15 is 0 Å². The van der Waals surface area contributed by atoms with Crippen LogP contribution in [0.25, 0.3) is 0 Å². The summed E-state index contributed by atoms with van der Waals surface area (Å²) in [5, 5.41) is 2.61. The molecule has 0 saturated heterocycles. The Morgan fingerprint density at radius 1 is 1.37 bits per heavy atom. The molecule has 0 atom stereocenters. The molecule has 19 heavy (non-hydrogen) atoms. The lowest BCUT2D eigenvalue weighted by atomic mass is 10.2. The van der Waals surface area contributed by atoms with E-state index in [2.05, 4.69) is 5.32 Å².